The van der Waals surface area contributed by atoms with Crippen molar-refractivity contribution in [1.29, 1.82) is 0 Å². The molecule has 0 bridgehead atoms. The second-order valence-electron chi connectivity index (χ2n) is 3.92. The Bertz CT molecular complexity index is 158. The van der Waals surface area contributed by atoms with Gasteiger partial charge in [-0.15, -0.1) is 18.5 Å². The predicted octanol–water partition coefficient (Wildman–Crippen LogP) is 1.30. The summed E-state index contributed by atoms with van der Waals surface area (Å²) in [6.07, 6.45) is 3.76. The van der Waals surface area contributed by atoms with Gasteiger partial charge in [0.05, 0.1) is 0 Å². The van der Waals surface area contributed by atoms with E-state index in [-0.39, 0.29) is 0 Å². The summed E-state index contributed by atoms with van der Waals surface area (Å²) in [5.41, 5.74) is 0.441. The van der Waals surface area contributed by atoms with Crippen LogP contribution in [0.5, 0.6) is 0 Å². The van der Waals surface area contributed by atoms with Crippen molar-refractivity contribution in [3.63, 3.8) is 0 Å². The van der Waals surface area contributed by atoms with Gasteiger partial charge in [0.2, 0.25) is 0 Å². The van der Waals surface area contributed by atoms with Crippen molar-refractivity contribution < 1.29 is 0 Å². The molecule has 0 saturated carbocycles. The van der Waals surface area contributed by atoms with Crippen molar-refractivity contribution in [2.45, 2.75) is 30.8 Å². The van der Waals surface area contributed by atoms with Gasteiger partial charge in [0, 0.05) is 11.6 Å². The average Bonchev–Trinajstić information content (AvgIpc) is 2.16. The Hall–Kier alpha value is 1.13. The minimum absolute atomic E-state index is 0.441. The van der Waals surface area contributed by atoms with Crippen LogP contribution in [0.1, 0.15) is 19.3 Å². The normalized spacial score (nSPS) is 28.3. The molecule has 0 aromatic rings. The molecule has 1 aliphatic rings. The molecule has 0 aromatic heterocycles. The van der Waals surface area contributed by atoms with Gasteiger partial charge in [-0.25, -0.2) is 0 Å². The lowest BCUT2D eigenvalue weighted by atomic mass is 9.90. The van der Waals surface area contributed by atoms with Gasteiger partial charge in [-0.05, 0) is 44.0 Å². The minimum Gasteiger partial charge on any atom is -0.316 e. The third-order valence-corrected chi connectivity index (χ3v) is 3.45. The molecule has 84 valence electrons. The third kappa shape index (κ3) is 4.77. The molecule has 5 heteroatoms. The van der Waals surface area contributed by atoms with Crippen LogP contribution in [0.15, 0.2) is 0 Å². The maximum absolute atomic E-state index is 4.27. The summed E-state index contributed by atoms with van der Waals surface area (Å²) < 4.78 is 0. The zero-order valence-corrected chi connectivity index (χ0v) is 11.8. The van der Waals surface area contributed by atoms with Crippen molar-refractivity contribution in [3.8, 4) is 0 Å². The quantitative estimate of drug-likeness (QED) is 0.507. The van der Waals surface area contributed by atoms with E-state index in [2.05, 4.69) is 41.7 Å². The lowest BCUT2D eigenvalue weighted by Crippen LogP contribution is -2.48. The smallest absolute Gasteiger partial charge is 0.0354 e. The Balaban J connectivity index is 2.33. The van der Waals surface area contributed by atoms with E-state index in [1.54, 1.807) is 0 Å². The minimum atomic E-state index is 0.441. The Kier molecular flexibility index (Phi) is 6.99. The zero-order chi connectivity index (χ0) is 10.4. The number of nitrogens with one attached hydrogen (secondary N) is 2. The molecule has 4 atom stereocenters. The summed E-state index contributed by atoms with van der Waals surface area (Å²) in [5, 5.41) is 7.07. The maximum atomic E-state index is 4.27. The molecule has 0 amide bonds. The summed E-state index contributed by atoms with van der Waals surface area (Å²) in [6.45, 7) is 2.31. The van der Waals surface area contributed by atoms with Crippen molar-refractivity contribution >= 4 is 31.1 Å². The Morgan fingerprint density at radius 1 is 1.50 bits per heavy atom. The summed E-state index contributed by atoms with van der Waals surface area (Å²) in [6, 6.07) is 0.677. The van der Waals surface area contributed by atoms with Crippen molar-refractivity contribution in [1.82, 2.24) is 10.6 Å². The first-order valence-electron chi connectivity index (χ1n) is 5.33. The monoisotopic (exact) mass is 252 g/mol. The lowest BCUT2D eigenvalue weighted by Gasteiger charge is -2.34. The average molecular weight is 252 g/mol. The van der Waals surface area contributed by atoms with E-state index in [1.165, 1.54) is 19.3 Å². The summed E-state index contributed by atoms with van der Waals surface area (Å²) in [4.78, 5) is 0. The number of piperidine rings is 1. The number of hydrogen-bond acceptors (Lipinski definition) is 3. The van der Waals surface area contributed by atoms with Crippen LogP contribution in [0.2, 0.25) is 0 Å². The predicted molar refractivity (Wildman–Crippen MR) is 74.2 cm³/mol. The van der Waals surface area contributed by atoms with Crippen molar-refractivity contribution in [2.24, 2.45) is 5.92 Å². The van der Waals surface area contributed by atoms with Gasteiger partial charge in [0.25, 0.3) is 0 Å². The molecule has 1 saturated heterocycles. The first-order chi connectivity index (χ1) is 6.74. The van der Waals surface area contributed by atoms with E-state index in [0.717, 1.165) is 24.8 Å². The fraction of sp³-hybridized carbons (Fsp3) is 1.00. The molecule has 4 unspecified atom stereocenters. The van der Waals surface area contributed by atoms with Crippen LogP contribution in [0.25, 0.3) is 0 Å². The maximum Gasteiger partial charge on any atom is 0.0354 e. The molecule has 2 N–H and O–H groups in total. The molecule has 1 fully saturated rings. The van der Waals surface area contributed by atoms with Crippen LogP contribution in [-0.4, -0.2) is 30.4 Å². The molecule has 0 aliphatic carbocycles. The Morgan fingerprint density at radius 3 is 2.93 bits per heavy atom. The van der Waals surface area contributed by atoms with E-state index < -0.39 is 0 Å². The number of thiol groups is 1. The zero-order valence-electron chi connectivity index (χ0n) is 8.58. The Morgan fingerprint density at radius 2 is 2.29 bits per heavy atom. The molecule has 0 aromatic carbocycles. The molecule has 1 aliphatic heterocycles. The van der Waals surface area contributed by atoms with Gasteiger partial charge in [0.15, 0.2) is 0 Å². The first kappa shape index (κ1) is 13.2. The lowest BCUT2D eigenvalue weighted by molar-refractivity contribution is 0.270. The third-order valence-electron chi connectivity index (χ3n) is 2.75. The van der Waals surface area contributed by atoms with Crippen LogP contribution >= 0.6 is 31.1 Å². The topological polar surface area (TPSA) is 24.1 Å². The first-order valence-corrected chi connectivity index (χ1v) is 7.29. The van der Waals surface area contributed by atoms with Gasteiger partial charge in [-0.2, -0.15) is 12.6 Å². The van der Waals surface area contributed by atoms with Crippen LogP contribution in [0.4, 0.5) is 0 Å². The molecule has 1 rings (SSSR count). The van der Waals surface area contributed by atoms with Crippen molar-refractivity contribution in [3.05, 3.63) is 0 Å². The second-order valence-corrected chi connectivity index (χ2v) is 6.57. The fourth-order valence-corrected chi connectivity index (χ4v) is 2.72. The number of rotatable bonds is 5. The molecule has 0 spiro atoms. The van der Waals surface area contributed by atoms with Gasteiger partial charge < -0.3 is 10.6 Å². The van der Waals surface area contributed by atoms with Crippen LogP contribution < -0.4 is 10.6 Å². The van der Waals surface area contributed by atoms with E-state index >= 15 is 0 Å². The van der Waals surface area contributed by atoms with Crippen LogP contribution in [-0.2, 0) is 0 Å². The largest absolute Gasteiger partial charge is 0.316 e. The van der Waals surface area contributed by atoms with Gasteiger partial charge in [-0.3, -0.25) is 0 Å². The molecule has 14 heavy (non-hydrogen) atoms. The van der Waals surface area contributed by atoms with E-state index in [0.29, 0.717) is 11.6 Å². The van der Waals surface area contributed by atoms with Crippen LogP contribution in [0, 0.1) is 5.92 Å². The molecule has 2 nitrogen and oxygen atoms in total. The Labute approximate surface area is 97.6 Å². The highest BCUT2D eigenvalue weighted by Crippen LogP contribution is 2.20. The standard InChI is InChI=1S/C9H22N2P2S/c12-9(13)11-8-3-4-10-6-7(8)2-1-5-14/h7-11,14H,1-6,12-13H2. The van der Waals surface area contributed by atoms with Gasteiger partial charge >= 0.3 is 0 Å². The van der Waals surface area contributed by atoms with Gasteiger partial charge in [-0.1, -0.05) is 0 Å². The van der Waals surface area contributed by atoms with Gasteiger partial charge in [0.1, 0.15) is 0 Å². The van der Waals surface area contributed by atoms with E-state index in [4.69, 9.17) is 0 Å². The van der Waals surface area contributed by atoms with Crippen molar-refractivity contribution in [2.75, 3.05) is 18.8 Å². The SMILES string of the molecule is PC(P)NC1CCNCC1CCCS. The fourth-order valence-electron chi connectivity index (χ4n) is 2.05. The highest BCUT2D eigenvalue weighted by Gasteiger charge is 2.24. The molecular weight excluding hydrogens is 230 g/mol. The second kappa shape index (κ2) is 7.41. The summed E-state index contributed by atoms with van der Waals surface area (Å²) in [7, 11) is 5.57. The highest BCUT2D eigenvalue weighted by atomic mass is 32.1. The van der Waals surface area contributed by atoms with E-state index in [1.807, 2.05) is 0 Å². The van der Waals surface area contributed by atoms with E-state index in [9.17, 15) is 0 Å². The molecular formula is C9H22N2P2S. The van der Waals surface area contributed by atoms with Crippen LogP contribution in [0.3, 0.4) is 0 Å². The highest BCUT2D eigenvalue weighted by molar-refractivity contribution is 7.80. The summed E-state index contributed by atoms with van der Waals surface area (Å²) in [5.74, 6) is 1.79. The molecule has 1 heterocycles. The number of hydrogen-bond donors (Lipinski definition) is 3. The summed E-state index contributed by atoms with van der Waals surface area (Å²) >= 11 is 4.27. The molecule has 0 radical (unpaired) electrons.